The molecule has 0 amide bonds. The summed E-state index contributed by atoms with van der Waals surface area (Å²) in [6.45, 7) is 6.37. The fourth-order valence-electron chi connectivity index (χ4n) is 2.82. The number of nitrogens with one attached hydrogen (secondary N) is 1. The van der Waals surface area contributed by atoms with Gasteiger partial charge in [-0.25, -0.2) is 4.98 Å². The first-order valence-corrected chi connectivity index (χ1v) is 7.73. The van der Waals surface area contributed by atoms with Gasteiger partial charge in [-0.2, -0.15) is 0 Å². The normalized spacial score (nSPS) is 28.5. The summed E-state index contributed by atoms with van der Waals surface area (Å²) < 4.78 is 5.88. The molecular weight excluding hydrogens is 244 g/mol. The van der Waals surface area contributed by atoms with Gasteiger partial charge in [0, 0.05) is 24.7 Å². The molecule has 1 aromatic heterocycles. The average Bonchev–Trinajstić information content (AvgIpc) is 2.85. The van der Waals surface area contributed by atoms with Gasteiger partial charge in [0.05, 0.1) is 0 Å². The maximum atomic E-state index is 5.88. The highest BCUT2D eigenvalue weighted by atomic mass is 32.1. The first-order chi connectivity index (χ1) is 8.70. The molecule has 2 unspecified atom stereocenters. The lowest BCUT2D eigenvalue weighted by Crippen LogP contribution is -2.34. The summed E-state index contributed by atoms with van der Waals surface area (Å²) in [5.41, 5.74) is -0.118. The molecule has 1 aliphatic carbocycles. The van der Waals surface area contributed by atoms with Crippen LogP contribution in [0.3, 0.4) is 0 Å². The monoisotopic (exact) mass is 268 g/mol. The van der Waals surface area contributed by atoms with Gasteiger partial charge in [0.15, 0.2) is 0 Å². The lowest BCUT2D eigenvalue weighted by molar-refractivity contribution is -0.0580. The molecule has 1 N–H and O–H groups in total. The van der Waals surface area contributed by atoms with Crippen molar-refractivity contribution in [1.82, 2.24) is 10.3 Å². The van der Waals surface area contributed by atoms with Crippen LogP contribution in [0.2, 0.25) is 0 Å². The second kappa shape index (κ2) is 6.13. The third-order valence-corrected chi connectivity index (χ3v) is 5.02. The number of nitrogens with zero attached hydrogens (tertiary/aromatic N) is 1. The second-order valence-corrected chi connectivity index (χ2v) is 6.43. The van der Waals surface area contributed by atoms with Crippen molar-refractivity contribution in [1.29, 1.82) is 0 Å². The molecule has 1 fully saturated rings. The summed E-state index contributed by atoms with van der Waals surface area (Å²) in [5, 5.41) is 4.52. The molecule has 0 radical (unpaired) electrons. The summed E-state index contributed by atoms with van der Waals surface area (Å²) >= 11 is 1.81. The maximum absolute atomic E-state index is 5.88. The van der Waals surface area contributed by atoms with Crippen LogP contribution in [0, 0.1) is 5.92 Å². The zero-order chi connectivity index (χ0) is 13.0. The van der Waals surface area contributed by atoms with E-state index in [1.54, 1.807) is 11.3 Å². The molecule has 0 aliphatic heterocycles. The molecule has 1 heterocycles. The maximum Gasteiger partial charge on any atom is 0.125 e. The van der Waals surface area contributed by atoms with Gasteiger partial charge in [-0.15, -0.1) is 11.3 Å². The number of aromatic nitrogens is 1. The van der Waals surface area contributed by atoms with E-state index in [4.69, 9.17) is 4.74 Å². The van der Waals surface area contributed by atoms with Gasteiger partial charge in [0.1, 0.15) is 10.6 Å². The molecule has 0 spiro atoms. The fourth-order valence-corrected chi connectivity index (χ4v) is 3.91. The van der Waals surface area contributed by atoms with E-state index >= 15 is 0 Å². The lowest BCUT2D eigenvalue weighted by atomic mass is 9.79. The second-order valence-electron chi connectivity index (χ2n) is 5.31. The molecule has 102 valence electrons. The largest absolute Gasteiger partial charge is 0.371 e. The van der Waals surface area contributed by atoms with Crippen molar-refractivity contribution < 1.29 is 4.74 Å². The van der Waals surface area contributed by atoms with Crippen molar-refractivity contribution in [3.8, 4) is 0 Å². The molecule has 1 aromatic rings. The standard InChI is InChI=1S/C14H24N2OS/c1-4-15-9-12-10-16-13(18-12)14(17-3)7-5-6-11(2)8-14/h10-11,15H,4-9H2,1-3H3. The number of methoxy groups -OCH3 is 1. The van der Waals surface area contributed by atoms with Crippen molar-refractivity contribution in [3.05, 3.63) is 16.1 Å². The lowest BCUT2D eigenvalue weighted by Gasteiger charge is -2.37. The predicted molar refractivity (Wildman–Crippen MR) is 75.8 cm³/mol. The van der Waals surface area contributed by atoms with Crippen LogP contribution in [0.4, 0.5) is 0 Å². The van der Waals surface area contributed by atoms with Gasteiger partial charge >= 0.3 is 0 Å². The first kappa shape index (κ1) is 14.0. The van der Waals surface area contributed by atoms with Crippen molar-refractivity contribution in [2.45, 2.75) is 51.7 Å². The SMILES string of the molecule is CCNCc1cnc(C2(OC)CCCC(C)C2)s1. The Kier molecular flexibility index (Phi) is 4.76. The van der Waals surface area contributed by atoms with Crippen LogP contribution in [0.1, 0.15) is 49.4 Å². The Morgan fingerprint density at radius 2 is 2.44 bits per heavy atom. The van der Waals surface area contributed by atoms with Crippen LogP contribution < -0.4 is 5.32 Å². The van der Waals surface area contributed by atoms with Crippen molar-refractivity contribution in [2.24, 2.45) is 5.92 Å². The third kappa shape index (κ3) is 2.92. The molecule has 4 heteroatoms. The molecule has 2 atom stereocenters. The van der Waals surface area contributed by atoms with Crippen LogP contribution in [-0.2, 0) is 16.9 Å². The van der Waals surface area contributed by atoms with Gasteiger partial charge in [0.2, 0.25) is 0 Å². The summed E-state index contributed by atoms with van der Waals surface area (Å²) in [4.78, 5) is 5.93. The van der Waals surface area contributed by atoms with Gasteiger partial charge in [-0.05, 0) is 31.7 Å². The van der Waals surface area contributed by atoms with Crippen molar-refractivity contribution in [3.63, 3.8) is 0 Å². The van der Waals surface area contributed by atoms with Crippen LogP contribution in [0.25, 0.3) is 0 Å². The molecule has 0 bridgehead atoms. The van der Waals surface area contributed by atoms with E-state index in [1.807, 2.05) is 13.3 Å². The van der Waals surface area contributed by atoms with Crippen LogP contribution in [-0.4, -0.2) is 18.6 Å². The Morgan fingerprint density at radius 3 is 3.11 bits per heavy atom. The molecule has 1 saturated carbocycles. The Morgan fingerprint density at radius 1 is 1.61 bits per heavy atom. The van der Waals surface area contributed by atoms with E-state index < -0.39 is 0 Å². The number of hydrogen-bond donors (Lipinski definition) is 1. The zero-order valence-corrected chi connectivity index (χ0v) is 12.5. The zero-order valence-electron chi connectivity index (χ0n) is 11.7. The topological polar surface area (TPSA) is 34.2 Å². The van der Waals surface area contributed by atoms with Crippen LogP contribution in [0.5, 0.6) is 0 Å². The first-order valence-electron chi connectivity index (χ1n) is 6.91. The fraction of sp³-hybridized carbons (Fsp3) is 0.786. The summed E-state index contributed by atoms with van der Waals surface area (Å²) in [5.74, 6) is 0.736. The molecule has 3 nitrogen and oxygen atoms in total. The molecule has 2 rings (SSSR count). The van der Waals surface area contributed by atoms with E-state index in [9.17, 15) is 0 Å². The van der Waals surface area contributed by atoms with E-state index in [2.05, 4.69) is 24.1 Å². The summed E-state index contributed by atoms with van der Waals surface area (Å²) in [6, 6.07) is 0. The van der Waals surface area contributed by atoms with E-state index in [0.29, 0.717) is 0 Å². The smallest absolute Gasteiger partial charge is 0.125 e. The summed E-state index contributed by atoms with van der Waals surface area (Å²) in [6.07, 6.45) is 6.79. The number of rotatable bonds is 5. The van der Waals surface area contributed by atoms with Gasteiger partial charge in [-0.3, -0.25) is 0 Å². The van der Waals surface area contributed by atoms with Gasteiger partial charge in [-0.1, -0.05) is 20.3 Å². The van der Waals surface area contributed by atoms with E-state index in [-0.39, 0.29) is 5.60 Å². The molecule has 18 heavy (non-hydrogen) atoms. The van der Waals surface area contributed by atoms with Crippen LogP contribution >= 0.6 is 11.3 Å². The predicted octanol–water partition coefficient (Wildman–Crippen LogP) is 3.30. The van der Waals surface area contributed by atoms with E-state index in [1.165, 1.54) is 22.7 Å². The number of hydrogen-bond acceptors (Lipinski definition) is 4. The quantitative estimate of drug-likeness (QED) is 0.889. The Hall–Kier alpha value is -0.450. The Balaban J connectivity index is 2.13. The highest BCUT2D eigenvalue weighted by Gasteiger charge is 2.39. The number of thiazole rings is 1. The van der Waals surface area contributed by atoms with Gasteiger partial charge in [0.25, 0.3) is 0 Å². The highest BCUT2D eigenvalue weighted by molar-refractivity contribution is 7.11. The van der Waals surface area contributed by atoms with Crippen molar-refractivity contribution in [2.75, 3.05) is 13.7 Å². The molecule has 1 aliphatic rings. The Labute approximate surface area is 114 Å². The third-order valence-electron chi connectivity index (χ3n) is 3.84. The summed E-state index contributed by atoms with van der Waals surface area (Å²) in [7, 11) is 1.84. The average molecular weight is 268 g/mol. The Bertz CT molecular complexity index is 380. The van der Waals surface area contributed by atoms with Gasteiger partial charge < -0.3 is 10.1 Å². The minimum Gasteiger partial charge on any atom is -0.371 e. The molecule has 0 aromatic carbocycles. The number of ether oxygens (including phenoxy) is 1. The van der Waals surface area contributed by atoms with E-state index in [0.717, 1.165) is 31.8 Å². The van der Waals surface area contributed by atoms with Crippen LogP contribution in [0.15, 0.2) is 6.20 Å². The molecule has 0 saturated heterocycles. The minimum atomic E-state index is -0.118. The minimum absolute atomic E-state index is 0.118. The molecular formula is C14H24N2OS. The highest BCUT2D eigenvalue weighted by Crippen LogP contribution is 2.43. The van der Waals surface area contributed by atoms with Crippen molar-refractivity contribution >= 4 is 11.3 Å².